The van der Waals surface area contributed by atoms with Crippen LogP contribution in [0.15, 0.2) is 67.3 Å². The van der Waals surface area contributed by atoms with E-state index < -0.39 is 0 Å². The highest BCUT2D eigenvalue weighted by atomic mass is 35.5. The summed E-state index contributed by atoms with van der Waals surface area (Å²) in [7, 11) is 0. The van der Waals surface area contributed by atoms with E-state index >= 15 is 0 Å². The standard InChI is InChI=1S/C19H14ClN3/c20-19-7-3-15(4-8-19)11-18(13-23-10-9-22-14-23)17-5-1-16(12-21)2-6-17/h1-11,14H,13H2. The van der Waals surface area contributed by atoms with Crippen LogP contribution >= 0.6 is 11.6 Å². The Balaban J connectivity index is 1.98. The Morgan fingerprint density at radius 2 is 1.87 bits per heavy atom. The molecule has 1 heterocycles. The molecule has 0 unspecified atom stereocenters. The fraction of sp³-hybridized carbons (Fsp3) is 0.0526. The fourth-order valence-corrected chi connectivity index (χ4v) is 2.44. The molecule has 0 fully saturated rings. The molecule has 1 aromatic heterocycles. The molecule has 112 valence electrons. The molecule has 0 aliphatic carbocycles. The summed E-state index contributed by atoms with van der Waals surface area (Å²) in [5, 5.41) is 9.67. The lowest BCUT2D eigenvalue weighted by atomic mass is 10.0. The molecule has 3 nitrogen and oxygen atoms in total. The van der Waals surface area contributed by atoms with Crippen LogP contribution in [0.4, 0.5) is 0 Å². The van der Waals surface area contributed by atoms with Gasteiger partial charge in [-0.2, -0.15) is 5.26 Å². The normalized spacial score (nSPS) is 11.2. The number of hydrogen-bond acceptors (Lipinski definition) is 2. The molecular formula is C19H14ClN3. The van der Waals surface area contributed by atoms with E-state index in [2.05, 4.69) is 17.1 Å². The summed E-state index contributed by atoms with van der Waals surface area (Å²) in [6.07, 6.45) is 7.61. The van der Waals surface area contributed by atoms with Crippen molar-refractivity contribution in [2.75, 3.05) is 0 Å². The first kappa shape index (κ1) is 15.1. The Hall–Kier alpha value is -2.83. The Labute approximate surface area is 140 Å². The van der Waals surface area contributed by atoms with Crippen molar-refractivity contribution in [1.82, 2.24) is 9.55 Å². The van der Waals surface area contributed by atoms with Crippen LogP contribution in [0.2, 0.25) is 5.02 Å². The third-order valence-electron chi connectivity index (χ3n) is 3.51. The summed E-state index contributed by atoms with van der Waals surface area (Å²) in [6, 6.07) is 17.5. The van der Waals surface area contributed by atoms with Gasteiger partial charge in [0.2, 0.25) is 0 Å². The Morgan fingerprint density at radius 1 is 1.13 bits per heavy atom. The molecule has 0 atom stereocenters. The van der Waals surface area contributed by atoms with Crippen LogP contribution in [0.1, 0.15) is 16.7 Å². The molecule has 0 bridgehead atoms. The lowest BCUT2D eigenvalue weighted by Crippen LogP contribution is -1.98. The average Bonchev–Trinajstić information content (AvgIpc) is 3.09. The fourth-order valence-electron chi connectivity index (χ4n) is 2.32. The van der Waals surface area contributed by atoms with E-state index in [0.717, 1.165) is 21.7 Å². The van der Waals surface area contributed by atoms with Crippen molar-refractivity contribution in [3.8, 4) is 6.07 Å². The summed E-state index contributed by atoms with van der Waals surface area (Å²) in [4.78, 5) is 4.09. The predicted octanol–water partition coefficient (Wildman–Crippen LogP) is 4.65. The van der Waals surface area contributed by atoms with E-state index in [-0.39, 0.29) is 0 Å². The molecule has 0 saturated carbocycles. The van der Waals surface area contributed by atoms with Crippen molar-refractivity contribution < 1.29 is 0 Å². The van der Waals surface area contributed by atoms with Crippen molar-refractivity contribution in [3.63, 3.8) is 0 Å². The van der Waals surface area contributed by atoms with Crippen LogP contribution in [0.3, 0.4) is 0 Å². The molecule has 2 aromatic carbocycles. The molecule has 23 heavy (non-hydrogen) atoms. The lowest BCUT2D eigenvalue weighted by Gasteiger charge is -2.10. The molecule has 0 spiro atoms. The number of rotatable bonds is 4. The maximum Gasteiger partial charge on any atom is 0.0991 e. The Bertz CT molecular complexity index is 839. The highest BCUT2D eigenvalue weighted by molar-refractivity contribution is 6.30. The molecule has 0 N–H and O–H groups in total. The van der Waals surface area contributed by atoms with Crippen molar-refractivity contribution in [1.29, 1.82) is 5.26 Å². The first-order valence-electron chi connectivity index (χ1n) is 7.17. The maximum atomic E-state index is 8.95. The van der Waals surface area contributed by atoms with Gasteiger partial charge in [0.05, 0.1) is 18.0 Å². The quantitative estimate of drug-likeness (QED) is 0.657. The molecule has 0 amide bonds. The average molecular weight is 320 g/mol. The second-order valence-electron chi connectivity index (χ2n) is 5.15. The number of halogens is 1. The minimum absolute atomic E-state index is 0.655. The van der Waals surface area contributed by atoms with E-state index in [0.29, 0.717) is 12.1 Å². The molecule has 3 rings (SSSR count). The molecule has 3 aromatic rings. The van der Waals surface area contributed by atoms with Crippen LogP contribution in [-0.4, -0.2) is 9.55 Å². The van der Waals surface area contributed by atoms with E-state index in [9.17, 15) is 0 Å². The van der Waals surface area contributed by atoms with Gasteiger partial charge in [-0.15, -0.1) is 0 Å². The Morgan fingerprint density at radius 3 is 2.48 bits per heavy atom. The van der Waals surface area contributed by atoms with Crippen molar-refractivity contribution in [2.45, 2.75) is 6.54 Å². The molecule has 4 heteroatoms. The van der Waals surface area contributed by atoms with Gasteiger partial charge in [0, 0.05) is 24.0 Å². The smallest absolute Gasteiger partial charge is 0.0991 e. The molecule has 0 aliphatic heterocycles. The van der Waals surface area contributed by atoms with Crippen LogP contribution in [-0.2, 0) is 6.54 Å². The monoisotopic (exact) mass is 319 g/mol. The summed E-state index contributed by atoms with van der Waals surface area (Å²) in [5.74, 6) is 0. The summed E-state index contributed by atoms with van der Waals surface area (Å²) < 4.78 is 2.01. The van der Waals surface area contributed by atoms with Crippen LogP contribution in [0.25, 0.3) is 11.6 Å². The summed E-state index contributed by atoms with van der Waals surface area (Å²) in [5.41, 5.74) is 3.94. The predicted molar refractivity (Wildman–Crippen MR) is 92.7 cm³/mol. The topological polar surface area (TPSA) is 41.6 Å². The van der Waals surface area contributed by atoms with E-state index in [4.69, 9.17) is 16.9 Å². The number of nitriles is 1. The van der Waals surface area contributed by atoms with Gasteiger partial charge in [-0.3, -0.25) is 0 Å². The number of hydrogen-bond donors (Lipinski definition) is 0. The third kappa shape index (κ3) is 3.88. The number of allylic oxidation sites excluding steroid dienone is 1. The highest BCUT2D eigenvalue weighted by Crippen LogP contribution is 2.22. The van der Waals surface area contributed by atoms with E-state index in [1.807, 2.05) is 59.3 Å². The zero-order valence-electron chi connectivity index (χ0n) is 12.4. The number of aromatic nitrogens is 2. The van der Waals surface area contributed by atoms with E-state index in [1.54, 1.807) is 12.5 Å². The largest absolute Gasteiger partial charge is 0.333 e. The second-order valence-corrected chi connectivity index (χ2v) is 5.58. The van der Waals surface area contributed by atoms with Crippen LogP contribution in [0, 0.1) is 11.3 Å². The number of nitrogens with zero attached hydrogens (tertiary/aromatic N) is 3. The number of benzene rings is 2. The van der Waals surface area contributed by atoms with Crippen molar-refractivity contribution in [3.05, 3.63) is 89.0 Å². The van der Waals surface area contributed by atoms with Crippen molar-refractivity contribution in [2.24, 2.45) is 0 Å². The van der Waals surface area contributed by atoms with Crippen LogP contribution in [0.5, 0.6) is 0 Å². The summed E-state index contributed by atoms with van der Waals surface area (Å²) >= 11 is 5.95. The van der Waals surface area contributed by atoms with Crippen molar-refractivity contribution >= 4 is 23.3 Å². The number of imidazole rings is 1. The van der Waals surface area contributed by atoms with Gasteiger partial charge in [0.15, 0.2) is 0 Å². The second kappa shape index (κ2) is 6.95. The highest BCUT2D eigenvalue weighted by Gasteiger charge is 2.04. The van der Waals surface area contributed by atoms with Gasteiger partial charge >= 0.3 is 0 Å². The first-order valence-corrected chi connectivity index (χ1v) is 7.55. The zero-order chi connectivity index (χ0) is 16.1. The van der Waals surface area contributed by atoms with Gasteiger partial charge < -0.3 is 4.57 Å². The zero-order valence-corrected chi connectivity index (χ0v) is 13.1. The summed E-state index contributed by atoms with van der Waals surface area (Å²) in [6.45, 7) is 0.703. The van der Waals surface area contributed by atoms with Gasteiger partial charge in [-0.25, -0.2) is 4.98 Å². The SMILES string of the molecule is N#Cc1ccc(C(=Cc2ccc(Cl)cc2)Cn2ccnc2)cc1. The first-order chi connectivity index (χ1) is 11.2. The van der Waals surface area contributed by atoms with Gasteiger partial charge in [0.1, 0.15) is 0 Å². The minimum Gasteiger partial charge on any atom is -0.333 e. The Kier molecular flexibility index (Phi) is 4.56. The van der Waals surface area contributed by atoms with Crippen LogP contribution < -0.4 is 0 Å². The molecule has 0 radical (unpaired) electrons. The third-order valence-corrected chi connectivity index (χ3v) is 3.76. The minimum atomic E-state index is 0.655. The van der Waals surface area contributed by atoms with Gasteiger partial charge in [-0.1, -0.05) is 35.9 Å². The molecule has 0 aliphatic rings. The molecular weight excluding hydrogens is 306 g/mol. The molecule has 0 saturated heterocycles. The van der Waals surface area contributed by atoms with Gasteiger partial charge in [-0.05, 0) is 47.0 Å². The van der Waals surface area contributed by atoms with Gasteiger partial charge in [0.25, 0.3) is 0 Å². The van der Waals surface area contributed by atoms with E-state index in [1.165, 1.54) is 0 Å². The maximum absolute atomic E-state index is 8.95. The lowest BCUT2D eigenvalue weighted by molar-refractivity contribution is 0.836.